The molecule has 0 saturated heterocycles. The van der Waals surface area contributed by atoms with E-state index < -0.39 is 0 Å². The minimum absolute atomic E-state index is 1.01. The van der Waals surface area contributed by atoms with E-state index in [1.54, 1.807) is 0 Å². The Hall–Kier alpha value is -1.64. The van der Waals surface area contributed by atoms with Crippen LogP contribution in [0.25, 0.3) is 6.08 Å². The summed E-state index contributed by atoms with van der Waals surface area (Å²) >= 11 is 0. The van der Waals surface area contributed by atoms with Crippen LogP contribution in [0.3, 0.4) is 0 Å². The fraction of sp³-hybridized carbons (Fsp3) is 0.600. The lowest BCUT2D eigenvalue weighted by atomic mass is 10.0. The smallest absolute Gasteiger partial charge is 0.0698 e. The van der Waals surface area contributed by atoms with Gasteiger partial charge in [-0.15, -0.1) is 0 Å². The molecule has 1 rings (SSSR count). The second kappa shape index (κ2) is 9.49. The molecule has 0 N–H and O–H groups in total. The third-order valence-corrected chi connectivity index (χ3v) is 4.66. The Bertz CT molecular complexity index is 484. The highest BCUT2D eigenvalue weighted by Crippen LogP contribution is 2.39. The molecule has 0 aromatic heterocycles. The Labute approximate surface area is 143 Å². The maximum atomic E-state index is 4.13. The quantitative estimate of drug-likeness (QED) is 0.609. The molecular formula is C20H35N3. The topological polar surface area (TPSA) is 9.72 Å². The van der Waals surface area contributed by atoms with Gasteiger partial charge in [0.2, 0.25) is 0 Å². The highest BCUT2D eigenvalue weighted by Gasteiger charge is 2.20. The second-order valence-corrected chi connectivity index (χ2v) is 5.59. The second-order valence-electron chi connectivity index (χ2n) is 5.59. The number of nitrogens with zero attached hydrogens (tertiary/aromatic N) is 3. The number of hydrogen-bond acceptors (Lipinski definition) is 3. The average Bonchev–Trinajstić information content (AvgIpc) is 2.59. The fourth-order valence-electron chi connectivity index (χ4n) is 3.32. The van der Waals surface area contributed by atoms with Crippen molar-refractivity contribution in [3.63, 3.8) is 0 Å². The minimum atomic E-state index is 1.01. The van der Waals surface area contributed by atoms with Gasteiger partial charge in [-0.1, -0.05) is 12.7 Å². The van der Waals surface area contributed by atoms with Crippen molar-refractivity contribution in [2.24, 2.45) is 0 Å². The Morgan fingerprint density at radius 3 is 1.48 bits per heavy atom. The van der Waals surface area contributed by atoms with Crippen molar-refractivity contribution in [1.29, 1.82) is 0 Å². The molecule has 1 aromatic carbocycles. The zero-order valence-electron chi connectivity index (χ0n) is 16.0. The first kappa shape index (κ1) is 19.4. The molecule has 0 radical (unpaired) electrons. The molecule has 0 amide bonds. The minimum Gasteiger partial charge on any atom is -0.372 e. The molecule has 130 valence electrons. The van der Waals surface area contributed by atoms with Crippen molar-refractivity contribution in [2.75, 3.05) is 54.0 Å². The molecular weight excluding hydrogens is 282 g/mol. The lowest BCUT2D eigenvalue weighted by Crippen LogP contribution is -2.30. The Kier molecular flexibility index (Phi) is 8.01. The molecule has 0 aliphatic carbocycles. The maximum Gasteiger partial charge on any atom is 0.0698 e. The molecule has 0 unspecified atom stereocenters. The highest BCUT2D eigenvalue weighted by molar-refractivity contribution is 5.88. The van der Waals surface area contributed by atoms with Gasteiger partial charge in [-0.2, -0.15) is 0 Å². The van der Waals surface area contributed by atoms with Crippen LogP contribution in [0.2, 0.25) is 0 Å². The van der Waals surface area contributed by atoms with Crippen molar-refractivity contribution >= 4 is 23.1 Å². The van der Waals surface area contributed by atoms with Crippen LogP contribution in [0, 0.1) is 0 Å². The lowest BCUT2D eigenvalue weighted by Gasteiger charge is -2.34. The van der Waals surface area contributed by atoms with E-state index >= 15 is 0 Å². The molecule has 0 aliphatic rings. The van der Waals surface area contributed by atoms with Crippen LogP contribution in [0.5, 0.6) is 0 Å². The molecule has 0 aliphatic heterocycles. The fourth-order valence-corrected chi connectivity index (χ4v) is 3.32. The molecule has 3 heteroatoms. The number of benzene rings is 1. The van der Waals surface area contributed by atoms with Gasteiger partial charge >= 0.3 is 0 Å². The summed E-state index contributed by atoms with van der Waals surface area (Å²) in [5, 5.41) is 0. The Morgan fingerprint density at radius 1 is 0.696 bits per heavy atom. The van der Waals surface area contributed by atoms with E-state index in [1.165, 1.54) is 22.6 Å². The van der Waals surface area contributed by atoms with Crippen LogP contribution >= 0.6 is 0 Å². The first-order valence-electron chi connectivity index (χ1n) is 9.17. The van der Waals surface area contributed by atoms with Crippen LogP contribution < -0.4 is 14.7 Å². The van der Waals surface area contributed by atoms with Crippen LogP contribution in [0.1, 0.15) is 47.1 Å². The summed E-state index contributed by atoms with van der Waals surface area (Å²) in [6.45, 7) is 23.5. The van der Waals surface area contributed by atoms with Crippen LogP contribution in [-0.2, 0) is 0 Å². The van der Waals surface area contributed by atoms with E-state index in [0.717, 1.165) is 39.3 Å². The summed E-state index contributed by atoms with van der Waals surface area (Å²) in [7, 11) is 0. The van der Waals surface area contributed by atoms with Gasteiger partial charge in [0.05, 0.1) is 11.4 Å². The molecule has 1 aromatic rings. The summed E-state index contributed by atoms with van der Waals surface area (Å²) in [6, 6.07) is 4.56. The van der Waals surface area contributed by atoms with E-state index in [0.29, 0.717) is 0 Å². The highest BCUT2D eigenvalue weighted by atomic mass is 15.2. The standard InChI is InChI=1S/C20H35N3/c1-8-17-18(21(9-2)10-3)15-16-19(22(11-4)12-5)20(17)23(13-6)14-7/h8,15-16H,1,9-14H2,2-7H3. The zero-order chi connectivity index (χ0) is 17.4. The van der Waals surface area contributed by atoms with Gasteiger partial charge in [0, 0.05) is 50.5 Å². The Balaban J connectivity index is 3.64. The first-order chi connectivity index (χ1) is 11.1. The molecule has 0 spiro atoms. The van der Waals surface area contributed by atoms with E-state index in [2.05, 4.69) is 75.0 Å². The molecule has 0 atom stereocenters. The molecule has 0 bridgehead atoms. The van der Waals surface area contributed by atoms with Crippen LogP contribution in [0.4, 0.5) is 17.1 Å². The van der Waals surface area contributed by atoms with E-state index in [4.69, 9.17) is 0 Å². The van der Waals surface area contributed by atoms with Gasteiger partial charge in [-0.25, -0.2) is 0 Å². The lowest BCUT2D eigenvalue weighted by molar-refractivity contribution is 0.826. The van der Waals surface area contributed by atoms with Gasteiger partial charge in [-0.05, 0) is 53.7 Å². The predicted octanol–water partition coefficient (Wildman–Crippen LogP) is 4.87. The third-order valence-electron chi connectivity index (χ3n) is 4.66. The van der Waals surface area contributed by atoms with Crippen LogP contribution in [-0.4, -0.2) is 39.3 Å². The van der Waals surface area contributed by atoms with Gasteiger partial charge in [0.15, 0.2) is 0 Å². The number of rotatable bonds is 10. The monoisotopic (exact) mass is 317 g/mol. The third kappa shape index (κ3) is 4.01. The van der Waals surface area contributed by atoms with Crippen molar-refractivity contribution in [3.05, 3.63) is 24.3 Å². The number of hydrogen-bond donors (Lipinski definition) is 0. The van der Waals surface area contributed by atoms with Crippen molar-refractivity contribution in [2.45, 2.75) is 41.5 Å². The summed E-state index contributed by atoms with van der Waals surface area (Å²) < 4.78 is 0. The normalized spacial score (nSPS) is 10.5. The van der Waals surface area contributed by atoms with Crippen molar-refractivity contribution in [1.82, 2.24) is 0 Å². The van der Waals surface area contributed by atoms with Gasteiger partial charge < -0.3 is 14.7 Å². The summed E-state index contributed by atoms with van der Waals surface area (Å²) in [5.41, 5.74) is 5.22. The predicted molar refractivity (Wildman–Crippen MR) is 107 cm³/mol. The maximum absolute atomic E-state index is 4.13. The van der Waals surface area contributed by atoms with Crippen molar-refractivity contribution in [3.8, 4) is 0 Å². The van der Waals surface area contributed by atoms with Gasteiger partial charge in [0.25, 0.3) is 0 Å². The zero-order valence-corrected chi connectivity index (χ0v) is 16.0. The van der Waals surface area contributed by atoms with Crippen molar-refractivity contribution < 1.29 is 0 Å². The molecule has 0 saturated carbocycles. The number of anilines is 3. The Morgan fingerprint density at radius 2 is 1.09 bits per heavy atom. The molecule has 23 heavy (non-hydrogen) atoms. The SMILES string of the molecule is C=Cc1c(N(CC)CC)ccc(N(CC)CC)c1N(CC)CC. The van der Waals surface area contributed by atoms with Gasteiger partial charge in [0.1, 0.15) is 0 Å². The summed E-state index contributed by atoms with van der Waals surface area (Å²) in [4.78, 5) is 7.31. The summed E-state index contributed by atoms with van der Waals surface area (Å²) in [6.07, 6.45) is 2.04. The van der Waals surface area contributed by atoms with E-state index in [9.17, 15) is 0 Å². The molecule has 0 fully saturated rings. The molecule has 0 heterocycles. The van der Waals surface area contributed by atoms with E-state index in [1.807, 2.05) is 6.08 Å². The first-order valence-corrected chi connectivity index (χ1v) is 9.17. The average molecular weight is 318 g/mol. The summed E-state index contributed by atoms with van der Waals surface area (Å²) in [5.74, 6) is 0. The molecule has 3 nitrogen and oxygen atoms in total. The van der Waals surface area contributed by atoms with Gasteiger partial charge in [-0.3, -0.25) is 0 Å². The van der Waals surface area contributed by atoms with E-state index in [-0.39, 0.29) is 0 Å². The van der Waals surface area contributed by atoms with Crippen LogP contribution in [0.15, 0.2) is 18.7 Å². The largest absolute Gasteiger partial charge is 0.372 e.